The van der Waals surface area contributed by atoms with Crippen LogP contribution >= 0.6 is 39.0 Å². The average Bonchev–Trinajstić information content (AvgIpc) is 2.59. The minimum atomic E-state index is 0.750. The van der Waals surface area contributed by atoms with E-state index in [1.165, 1.54) is 4.70 Å². The Morgan fingerprint density at radius 2 is 2.29 bits per heavy atom. The van der Waals surface area contributed by atoms with E-state index < -0.39 is 0 Å². The van der Waals surface area contributed by atoms with Crippen LogP contribution in [0.5, 0.6) is 0 Å². The molecule has 0 saturated carbocycles. The number of thioether (sulfide) groups is 1. The van der Waals surface area contributed by atoms with E-state index in [0.717, 1.165) is 20.3 Å². The molecule has 0 saturated heterocycles. The number of halogens is 1. The molecule has 0 aliphatic heterocycles. The summed E-state index contributed by atoms with van der Waals surface area (Å²) >= 11 is 6.78. The van der Waals surface area contributed by atoms with Gasteiger partial charge < -0.3 is 0 Å². The summed E-state index contributed by atoms with van der Waals surface area (Å²) < 4.78 is 2.18. The molecule has 0 fully saturated rings. The minimum absolute atomic E-state index is 0.750. The molecule has 2 rings (SSSR count). The SMILES string of the molecule is CSc1cc(C#N)c2c(Br)csc2c1. The van der Waals surface area contributed by atoms with Crippen LogP contribution in [0.1, 0.15) is 5.56 Å². The summed E-state index contributed by atoms with van der Waals surface area (Å²) in [6.45, 7) is 0. The largest absolute Gasteiger partial charge is 0.192 e. The number of thiophene rings is 1. The first-order chi connectivity index (χ1) is 6.76. The Morgan fingerprint density at radius 3 is 2.93 bits per heavy atom. The van der Waals surface area contributed by atoms with Crippen molar-refractivity contribution in [1.29, 1.82) is 5.26 Å². The fourth-order valence-electron chi connectivity index (χ4n) is 1.31. The van der Waals surface area contributed by atoms with Crippen molar-refractivity contribution in [2.45, 2.75) is 4.90 Å². The topological polar surface area (TPSA) is 23.8 Å². The van der Waals surface area contributed by atoms with Gasteiger partial charge in [-0.1, -0.05) is 0 Å². The predicted molar refractivity (Wildman–Crippen MR) is 66.0 cm³/mol. The molecule has 1 aromatic carbocycles. The van der Waals surface area contributed by atoms with Gasteiger partial charge in [0.2, 0.25) is 0 Å². The molecule has 0 amide bonds. The average molecular weight is 284 g/mol. The molecule has 14 heavy (non-hydrogen) atoms. The van der Waals surface area contributed by atoms with Crippen LogP contribution in [0.15, 0.2) is 26.9 Å². The third-order valence-corrected chi connectivity index (χ3v) is 4.53. The molecule has 0 atom stereocenters. The molecule has 1 nitrogen and oxygen atoms in total. The molecular formula is C10H6BrNS2. The van der Waals surface area contributed by atoms with Crippen molar-refractivity contribution < 1.29 is 0 Å². The highest BCUT2D eigenvalue weighted by atomic mass is 79.9. The summed E-state index contributed by atoms with van der Waals surface area (Å²) in [4.78, 5) is 1.14. The molecule has 4 heteroatoms. The van der Waals surface area contributed by atoms with E-state index in [1.54, 1.807) is 23.1 Å². The monoisotopic (exact) mass is 283 g/mol. The van der Waals surface area contributed by atoms with Crippen molar-refractivity contribution in [1.82, 2.24) is 0 Å². The maximum Gasteiger partial charge on any atom is 0.0999 e. The standard InChI is InChI=1S/C10H6BrNS2/c1-13-7-2-6(4-12)10-8(11)5-14-9(10)3-7/h2-3,5H,1H3. The summed E-state index contributed by atoms with van der Waals surface area (Å²) in [6, 6.07) is 6.29. The van der Waals surface area contributed by atoms with E-state index in [-0.39, 0.29) is 0 Å². The third-order valence-electron chi connectivity index (χ3n) is 1.96. The number of hydrogen-bond acceptors (Lipinski definition) is 3. The van der Waals surface area contributed by atoms with Gasteiger partial charge in [0.25, 0.3) is 0 Å². The Balaban J connectivity index is 2.84. The van der Waals surface area contributed by atoms with Gasteiger partial charge in [-0.25, -0.2) is 0 Å². The molecule has 2 aromatic rings. The first-order valence-electron chi connectivity index (χ1n) is 3.91. The zero-order valence-corrected chi connectivity index (χ0v) is 10.6. The van der Waals surface area contributed by atoms with E-state index in [2.05, 4.69) is 28.1 Å². The molecule has 0 spiro atoms. The zero-order chi connectivity index (χ0) is 10.1. The van der Waals surface area contributed by atoms with Crippen molar-refractivity contribution in [2.75, 3.05) is 6.26 Å². The van der Waals surface area contributed by atoms with Crippen molar-refractivity contribution >= 4 is 49.1 Å². The second-order valence-corrected chi connectivity index (χ2v) is 5.39. The Bertz CT molecular complexity index is 525. The molecule has 70 valence electrons. The lowest BCUT2D eigenvalue weighted by Gasteiger charge is -1.99. The lowest BCUT2D eigenvalue weighted by molar-refractivity contribution is 1.45. The van der Waals surface area contributed by atoms with Crippen LogP contribution in [0, 0.1) is 11.3 Å². The van der Waals surface area contributed by atoms with Gasteiger partial charge in [0.15, 0.2) is 0 Å². The second kappa shape index (κ2) is 3.93. The normalized spacial score (nSPS) is 10.4. The number of rotatable bonds is 1. The Kier molecular flexibility index (Phi) is 2.82. The van der Waals surface area contributed by atoms with Gasteiger partial charge in [-0.05, 0) is 34.3 Å². The molecule has 1 heterocycles. The highest BCUT2D eigenvalue weighted by Gasteiger charge is 2.08. The fourth-order valence-corrected chi connectivity index (χ4v) is 3.58. The summed E-state index contributed by atoms with van der Waals surface area (Å²) in [5, 5.41) is 12.1. The maximum atomic E-state index is 9.02. The van der Waals surface area contributed by atoms with Crippen molar-refractivity contribution in [3.63, 3.8) is 0 Å². The number of fused-ring (bicyclic) bond motifs is 1. The number of hydrogen-bond donors (Lipinski definition) is 0. The van der Waals surface area contributed by atoms with Gasteiger partial charge in [-0.15, -0.1) is 23.1 Å². The highest BCUT2D eigenvalue weighted by molar-refractivity contribution is 9.10. The van der Waals surface area contributed by atoms with Crippen LogP contribution in [0.2, 0.25) is 0 Å². The number of benzene rings is 1. The van der Waals surface area contributed by atoms with Gasteiger partial charge in [-0.3, -0.25) is 0 Å². The van der Waals surface area contributed by atoms with Gasteiger partial charge in [-0.2, -0.15) is 5.26 Å². The molecule has 0 N–H and O–H groups in total. The maximum absolute atomic E-state index is 9.02. The van der Waals surface area contributed by atoms with E-state index in [9.17, 15) is 0 Å². The summed E-state index contributed by atoms with van der Waals surface area (Å²) in [6.07, 6.45) is 2.02. The fraction of sp³-hybridized carbons (Fsp3) is 0.100. The van der Waals surface area contributed by atoms with Crippen molar-refractivity contribution in [2.24, 2.45) is 0 Å². The molecular weight excluding hydrogens is 278 g/mol. The lowest BCUT2D eigenvalue weighted by atomic mass is 10.1. The van der Waals surface area contributed by atoms with Crippen molar-refractivity contribution in [3.8, 4) is 6.07 Å². The van der Waals surface area contributed by atoms with Crippen LogP contribution < -0.4 is 0 Å². The lowest BCUT2D eigenvalue weighted by Crippen LogP contribution is -1.78. The van der Waals surface area contributed by atoms with E-state index in [1.807, 2.05) is 17.7 Å². The highest BCUT2D eigenvalue weighted by Crippen LogP contribution is 2.35. The first-order valence-corrected chi connectivity index (χ1v) is 6.81. The number of nitrogens with zero attached hydrogens (tertiary/aromatic N) is 1. The molecule has 0 aliphatic rings. The predicted octanol–water partition coefficient (Wildman–Crippen LogP) is 4.26. The minimum Gasteiger partial charge on any atom is -0.192 e. The van der Waals surface area contributed by atoms with Crippen LogP contribution in [-0.2, 0) is 0 Å². The Morgan fingerprint density at radius 1 is 1.50 bits per heavy atom. The molecule has 0 bridgehead atoms. The zero-order valence-electron chi connectivity index (χ0n) is 7.37. The Hall–Kier alpha value is -0.500. The smallest absolute Gasteiger partial charge is 0.0999 e. The van der Waals surface area contributed by atoms with Gasteiger partial charge in [0, 0.05) is 24.8 Å². The van der Waals surface area contributed by atoms with Gasteiger partial charge in [0.1, 0.15) is 0 Å². The molecule has 0 radical (unpaired) electrons. The van der Waals surface area contributed by atoms with Crippen molar-refractivity contribution in [3.05, 3.63) is 27.5 Å². The first kappa shape index (κ1) is 10.0. The second-order valence-electron chi connectivity index (χ2n) is 2.74. The third kappa shape index (κ3) is 1.56. The van der Waals surface area contributed by atoms with Crippen LogP contribution in [-0.4, -0.2) is 6.26 Å². The van der Waals surface area contributed by atoms with Crippen LogP contribution in [0.25, 0.3) is 10.1 Å². The van der Waals surface area contributed by atoms with E-state index >= 15 is 0 Å². The number of nitriles is 1. The van der Waals surface area contributed by atoms with Gasteiger partial charge >= 0.3 is 0 Å². The quantitative estimate of drug-likeness (QED) is 0.731. The van der Waals surface area contributed by atoms with Crippen LogP contribution in [0.3, 0.4) is 0 Å². The Labute approximate surface area is 98.9 Å². The summed E-state index contributed by atoms with van der Waals surface area (Å²) in [7, 11) is 0. The summed E-state index contributed by atoms with van der Waals surface area (Å²) in [5.41, 5.74) is 0.750. The molecule has 0 unspecified atom stereocenters. The molecule has 1 aromatic heterocycles. The van der Waals surface area contributed by atoms with Crippen LogP contribution in [0.4, 0.5) is 0 Å². The molecule has 0 aliphatic carbocycles. The summed E-state index contributed by atoms with van der Waals surface area (Å²) in [5.74, 6) is 0. The van der Waals surface area contributed by atoms with E-state index in [0.29, 0.717) is 0 Å². The van der Waals surface area contributed by atoms with Gasteiger partial charge in [0.05, 0.1) is 11.6 Å². The van der Waals surface area contributed by atoms with E-state index in [4.69, 9.17) is 5.26 Å².